The fourth-order valence-corrected chi connectivity index (χ4v) is 2.45. The van der Waals surface area contributed by atoms with Crippen molar-refractivity contribution in [2.24, 2.45) is 0 Å². The predicted molar refractivity (Wildman–Crippen MR) is 65.7 cm³/mol. The molecule has 0 aliphatic carbocycles. The minimum Gasteiger partial charge on any atom is -0.394 e. The molecular weight excluding hydrogens is 272 g/mol. The zero-order valence-corrected chi connectivity index (χ0v) is 10.5. The van der Waals surface area contributed by atoms with Crippen molar-refractivity contribution in [2.75, 3.05) is 6.61 Å². The van der Waals surface area contributed by atoms with E-state index in [0.717, 1.165) is 0 Å². The fourth-order valence-electron chi connectivity index (χ4n) is 2.19. The van der Waals surface area contributed by atoms with Gasteiger partial charge in [0.25, 0.3) is 0 Å². The third kappa shape index (κ3) is 1.86. The van der Waals surface area contributed by atoms with E-state index in [9.17, 15) is 10.2 Å². The molecule has 102 valence electrons. The van der Waals surface area contributed by atoms with Crippen LogP contribution in [0.15, 0.2) is 12.7 Å². The number of aromatic nitrogens is 4. The average molecular weight is 284 g/mol. The molecule has 1 fully saturated rings. The first-order chi connectivity index (χ1) is 9.13. The molecule has 3 heterocycles. The summed E-state index contributed by atoms with van der Waals surface area (Å²) in [7, 11) is 0. The molecule has 0 bridgehead atoms. The molecule has 0 saturated carbocycles. The molecule has 2 aromatic rings. The summed E-state index contributed by atoms with van der Waals surface area (Å²) in [5.74, 6) is 0. The molecule has 2 aromatic heterocycles. The van der Waals surface area contributed by atoms with Crippen molar-refractivity contribution in [2.45, 2.75) is 24.5 Å². The van der Waals surface area contributed by atoms with Crippen LogP contribution in [-0.4, -0.2) is 59.8 Å². The van der Waals surface area contributed by atoms with Crippen molar-refractivity contribution in [3.63, 3.8) is 0 Å². The van der Waals surface area contributed by atoms with Crippen LogP contribution in [0.4, 0.5) is 0 Å². The Balaban J connectivity index is 2.08. The van der Waals surface area contributed by atoms with Gasteiger partial charge in [0.05, 0.1) is 19.3 Å². The highest BCUT2D eigenvalue weighted by Crippen LogP contribution is 2.31. The van der Waals surface area contributed by atoms with Crippen LogP contribution in [0.3, 0.4) is 0 Å². The van der Waals surface area contributed by atoms with Crippen molar-refractivity contribution in [3.8, 4) is 0 Å². The Morgan fingerprint density at radius 2 is 2.16 bits per heavy atom. The molecule has 3 rings (SSSR count). The van der Waals surface area contributed by atoms with E-state index < -0.39 is 24.5 Å². The van der Waals surface area contributed by atoms with E-state index in [-0.39, 0.29) is 6.61 Å². The van der Waals surface area contributed by atoms with Gasteiger partial charge in [-0.1, -0.05) is 12.2 Å². The predicted octanol–water partition coefficient (Wildman–Crippen LogP) is -0.900. The number of nitrogens with one attached hydrogen (secondary N) is 1. The first-order valence-corrected chi connectivity index (χ1v) is 6.07. The summed E-state index contributed by atoms with van der Waals surface area (Å²) < 4.78 is 7.24. The monoisotopic (exact) mass is 284 g/mol. The lowest BCUT2D eigenvalue weighted by molar-refractivity contribution is -0.0509. The van der Waals surface area contributed by atoms with Crippen LogP contribution in [0.25, 0.3) is 11.2 Å². The molecule has 4 N–H and O–H groups in total. The van der Waals surface area contributed by atoms with Crippen LogP contribution in [-0.2, 0) is 4.74 Å². The van der Waals surface area contributed by atoms with E-state index in [2.05, 4.69) is 15.0 Å². The molecule has 0 spiro atoms. The van der Waals surface area contributed by atoms with Gasteiger partial charge in [0, 0.05) is 0 Å². The number of H-pyrrole nitrogens is 1. The number of hydrogen-bond acceptors (Lipinski definition) is 7. The molecule has 1 aliphatic rings. The topological polar surface area (TPSA) is 116 Å². The molecule has 1 saturated heterocycles. The van der Waals surface area contributed by atoms with Crippen LogP contribution in [0, 0.1) is 4.64 Å². The number of fused-ring (bicyclic) bond motifs is 1. The summed E-state index contributed by atoms with van der Waals surface area (Å²) in [6.07, 6.45) is -1.17. The zero-order valence-electron chi connectivity index (χ0n) is 9.67. The summed E-state index contributed by atoms with van der Waals surface area (Å²) in [5, 5.41) is 28.8. The van der Waals surface area contributed by atoms with Crippen molar-refractivity contribution in [1.29, 1.82) is 0 Å². The Kier molecular flexibility index (Phi) is 3.07. The van der Waals surface area contributed by atoms with Gasteiger partial charge in [0.1, 0.15) is 23.8 Å². The first kappa shape index (κ1) is 12.6. The number of aliphatic hydroxyl groups excluding tert-OH is 3. The number of nitrogens with zero attached hydrogens (tertiary/aromatic N) is 3. The minimum atomic E-state index is -1.18. The standard InChI is InChI=1S/C10H12N4O4S/c15-1-4-6(16)7(17)10(18-4)14-3-13-8-5(14)9(19)12-2-11-8/h2-4,6-7,10,15-17H,1H2,(H,11,12,19)/t4-,6-,7-,10-/m1/s1. The Labute approximate surface area is 112 Å². The molecule has 19 heavy (non-hydrogen) atoms. The third-order valence-corrected chi connectivity index (χ3v) is 3.47. The van der Waals surface area contributed by atoms with Crippen molar-refractivity contribution < 1.29 is 20.1 Å². The van der Waals surface area contributed by atoms with Gasteiger partial charge in [-0.2, -0.15) is 0 Å². The van der Waals surface area contributed by atoms with Gasteiger partial charge < -0.3 is 25.0 Å². The summed E-state index contributed by atoms with van der Waals surface area (Å²) >= 11 is 5.12. The Morgan fingerprint density at radius 1 is 1.37 bits per heavy atom. The lowest BCUT2D eigenvalue weighted by Gasteiger charge is -2.16. The van der Waals surface area contributed by atoms with Crippen molar-refractivity contribution in [1.82, 2.24) is 19.5 Å². The van der Waals surface area contributed by atoms with Gasteiger partial charge in [-0.15, -0.1) is 0 Å². The van der Waals surface area contributed by atoms with Gasteiger partial charge in [-0.25, -0.2) is 9.97 Å². The smallest absolute Gasteiger partial charge is 0.164 e. The molecule has 0 amide bonds. The van der Waals surface area contributed by atoms with Gasteiger partial charge in [-0.3, -0.25) is 4.57 Å². The lowest BCUT2D eigenvalue weighted by Crippen LogP contribution is -2.33. The largest absolute Gasteiger partial charge is 0.394 e. The van der Waals surface area contributed by atoms with Gasteiger partial charge in [0.2, 0.25) is 0 Å². The van der Waals surface area contributed by atoms with E-state index in [0.29, 0.717) is 15.8 Å². The van der Waals surface area contributed by atoms with Crippen LogP contribution in [0.2, 0.25) is 0 Å². The first-order valence-electron chi connectivity index (χ1n) is 5.66. The van der Waals surface area contributed by atoms with E-state index >= 15 is 0 Å². The maximum atomic E-state index is 9.98. The number of imidazole rings is 1. The molecule has 4 atom stereocenters. The number of aromatic amines is 1. The lowest BCUT2D eigenvalue weighted by atomic mass is 10.1. The number of hydrogen-bond donors (Lipinski definition) is 4. The zero-order chi connectivity index (χ0) is 13.6. The molecule has 0 aromatic carbocycles. The van der Waals surface area contributed by atoms with Crippen LogP contribution >= 0.6 is 12.2 Å². The molecule has 9 heteroatoms. The second-order valence-electron chi connectivity index (χ2n) is 4.29. The molecule has 8 nitrogen and oxygen atoms in total. The van der Waals surface area contributed by atoms with Crippen LogP contribution in [0.1, 0.15) is 6.23 Å². The van der Waals surface area contributed by atoms with E-state index in [1.807, 2.05) is 0 Å². The maximum Gasteiger partial charge on any atom is 0.164 e. The number of ether oxygens (including phenoxy) is 1. The molecule has 1 aliphatic heterocycles. The summed E-state index contributed by atoms with van der Waals surface area (Å²) in [5.41, 5.74) is 1.02. The van der Waals surface area contributed by atoms with E-state index in [1.54, 1.807) is 0 Å². The number of rotatable bonds is 2. The highest BCUT2D eigenvalue weighted by Gasteiger charge is 2.43. The highest BCUT2D eigenvalue weighted by atomic mass is 32.1. The molecule has 0 unspecified atom stereocenters. The minimum absolute atomic E-state index is 0.309. The van der Waals surface area contributed by atoms with Crippen molar-refractivity contribution >= 4 is 23.4 Å². The summed E-state index contributed by atoms with van der Waals surface area (Å²) in [4.78, 5) is 10.9. The van der Waals surface area contributed by atoms with Gasteiger partial charge >= 0.3 is 0 Å². The van der Waals surface area contributed by atoms with E-state index in [1.165, 1.54) is 17.2 Å². The van der Waals surface area contributed by atoms with Gasteiger partial charge in [-0.05, 0) is 0 Å². The molecule has 0 radical (unpaired) electrons. The Hall–Kier alpha value is -1.39. The average Bonchev–Trinajstić information content (AvgIpc) is 2.94. The fraction of sp³-hybridized carbons (Fsp3) is 0.500. The third-order valence-electron chi connectivity index (χ3n) is 3.17. The second kappa shape index (κ2) is 4.62. The van der Waals surface area contributed by atoms with Crippen molar-refractivity contribution in [3.05, 3.63) is 17.3 Å². The SMILES string of the molecule is OC[C@H]1O[C@@H](n2cnc3[nH]cnc(=S)c32)[C@H](O)[C@@H]1O. The second-order valence-corrected chi connectivity index (χ2v) is 4.67. The maximum absolute atomic E-state index is 9.98. The Bertz CT molecular complexity index is 656. The van der Waals surface area contributed by atoms with E-state index in [4.69, 9.17) is 22.1 Å². The molecular formula is C10H12N4O4S. The summed E-state index contributed by atoms with van der Waals surface area (Å²) in [6.45, 7) is -0.382. The Morgan fingerprint density at radius 3 is 2.84 bits per heavy atom. The normalized spacial score (nSPS) is 31.1. The van der Waals surface area contributed by atoms with Gasteiger partial charge in [0.15, 0.2) is 16.5 Å². The highest BCUT2D eigenvalue weighted by molar-refractivity contribution is 7.71. The number of aliphatic hydroxyl groups is 3. The summed E-state index contributed by atoms with van der Waals surface area (Å²) in [6, 6.07) is 0. The quantitative estimate of drug-likeness (QED) is 0.528. The van der Waals surface area contributed by atoms with Crippen LogP contribution in [0.5, 0.6) is 0 Å². The van der Waals surface area contributed by atoms with Crippen LogP contribution < -0.4 is 0 Å².